The van der Waals surface area contributed by atoms with Crippen LogP contribution >= 0.6 is 11.6 Å². The summed E-state index contributed by atoms with van der Waals surface area (Å²) >= 11 is 5.97. The third-order valence-electron chi connectivity index (χ3n) is 3.67. The van der Waals surface area contributed by atoms with Crippen molar-refractivity contribution in [3.8, 4) is 0 Å². The number of aliphatic hydroxyl groups is 2. The van der Waals surface area contributed by atoms with Crippen molar-refractivity contribution in [2.45, 2.75) is 44.3 Å². The standard InChI is InChI=1S/C12H19ClN2O2/c1-15-10(9(13)7-14-15)12(17)11(16)8-5-3-2-4-6-8/h7-8,11-12,16-17H,2-6H2,1H3. The van der Waals surface area contributed by atoms with Crippen LogP contribution in [0.2, 0.25) is 5.02 Å². The molecule has 2 rings (SSSR count). The number of rotatable bonds is 3. The second kappa shape index (κ2) is 5.38. The SMILES string of the molecule is Cn1ncc(Cl)c1C(O)C(O)C1CCCCC1. The van der Waals surface area contributed by atoms with Gasteiger partial charge in [-0.1, -0.05) is 30.9 Å². The van der Waals surface area contributed by atoms with E-state index in [0.717, 1.165) is 25.7 Å². The summed E-state index contributed by atoms with van der Waals surface area (Å²) < 4.78 is 1.53. The highest BCUT2D eigenvalue weighted by Crippen LogP contribution is 2.34. The summed E-state index contributed by atoms with van der Waals surface area (Å²) in [7, 11) is 1.72. The lowest BCUT2D eigenvalue weighted by Crippen LogP contribution is -2.30. The normalized spacial score (nSPS) is 21.4. The van der Waals surface area contributed by atoms with Crippen molar-refractivity contribution in [3.63, 3.8) is 0 Å². The summed E-state index contributed by atoms with van der Waals surface area (Å²) in [6, 6.07) is 0. The van der Waals surface area contributed by atoms with E-state index >= 15 is 0 Å². The molecule has 0 aliphatic heterocycles. The lowest BCUT2D eigenvalue weighted by molar-refractivity contribution is -0.0321. The topological polar surface area (TPSA) is 58.3 Å². The van der Waals surface area contributed by atoms with Crippen LogP contribution in [0, 0.1) is 5.92 Å². The quantitative estimate of drug-likeness (QED) is 0.872. The van der Waals surface area contributed by atoms with Crippen LogP contribution in [-0.2, 0) is 7.05 Å². The molecule has 0 amide bonds. The van der Waals surface area contributed by atoms with Gasteiger partial charge in [0, 0.05) is 7.05 Å². The second-order valence-corrected chi connectivity index (χ2v) is 5.24. The highest BCUT2D eigenvalue weighted by Gasteiger charge is 2.31. The summed E-state index contributed by atoms with van der Waals surface area (Å²) in [5.74, 6) is 0.171. The van der Waals surface area contributed by atoms with E-state index in [9.17, 15) is 10.2 Å². The molecule has 0 spiro atoms. The van der Waals surface area contributed by atoms with Gasteiger partial charge in [-0.15, -0.1) is 0 Å². The van der Waals surface area contributed by atoms with Crippen molar-refractivity contribution in [2.75, 3.05) is 0 Å². The third kappa shape index (κ3) is 2.64. The van der Waals surface area contributed by atoms with E-state index in [1.807, 2.05) is 0 Å². The number of hydrogen-bond acceptors (Lipinski definition) is 3. The molecule has 17 heavy (non-hydrogen) atoms. The van der Waals surface area contributed by atoms with Crippen LogP contribution in [0.15, 0.2) is 6.20 Å². The van der Waals surface area contributed by atoms with Gasteiger partial charge in [-0.2, -0.15) is 5.10 Å². The Morgan fingerprint density at radius 1 is 1.35 bits per heavy atom. The van der Waals surface area contributed by atoms with Crippen molar-refractivity contribution < 1.29 is 10.2 Å². The van der Waals surface area contributed by atoms with Crippen molar-refractivity contribution in [3.05, 3.63) is 16.9 Å². The Hall–Kier alpha value is -0.580. The predicted octanol–water partition coefficient (Wildman–Crippen LogP) is 2.05. The van der Waals surface area contributed by atoms with Gasteiger partial charge in [0.1, 0.15) is 6.10 Å². The maximum atomic E-state index is 10.2. The fourth-order valence-electron chi connectivity index (χ4n) is 2.65. The largest absolute Gasteiger partial charge is 0.390 e. The fraction of sp³-hybridized carbons (Fsp3) is 0.750. The summed E-state index contributed by atoms with van der Waals surface area (Å²) in [5, 5.41) is 24.8. The van der Waals surface area contributed by atoms with Gasteiger partial charge >= 0.3 is 0 Å². The first-order valence-electron chi connectivity index (χ1n) is 6.14. The second-order valence-electron chi connectivity index (χ2n) is 4.83. The smallest absolute Gasteiger partial charge is 0.123 e. The first kappa shape index (κ1) is 12.9. The Morgan fingerprint density at radius 2 is 2.00 bits per heavy atom. The van der Waals surface area contributed by atoms with Crippen LogP contribution in [0.3, 0.4) is 0 Å². The van der Waals surface area contributed by atoms with Crippen molar-refractivity contribution in [1.82, 2.24) is 9.78 Å². The van der Waals surface area contributed by atoms with Gasteiger partial charge in [-0.3, -0.25) is 4.68 Å². The zero-order valence-electron chi connectivity index (χ0n) is 10.0. The lowest BCUT2D eigenvalue weighted by Gasteiger charge is -2.29. The number of aromatic nitrogens is 2. The Labute approximate surface area is 106 Å². The van der Waals surface area contributed by atoms with Crippen LogP contribution in [0.5, 0.6) is 0 Å². The molecule has 4 nitrogen and oxygen atoms in total. The van der Waals surface area contributed by atoms with E-state index in [2.05, 4.69) is 5.10 Å². The molecule has 1 fully saturated rings. The van der Waals surface area contributed by atoms with Crippen LogP contribution in [0.4, 0.5) is 0 Å². The van der Waals surface area contributed by atoms with Gasteiger partial charge < -0.3 is 10.2 Å². The summed E-state index contributed by atoms with van der Waals surface area (Å²) in [6.45, 7) is 0. The molecule has 2 N–H and O–H groups in total. The fourth-order valence-corrected chi connectivity index (χ4v) is 2.93. The number of halogens is 1. The Balaban J connectivity index is 2.10. The van der Waals surface area contributed by atoms with Gasteiger partial charge in [-0.05, 0) is 18.8 Å². The number of aryl methyl sites for hydroxylation is 1. The van der Waals surface area contributed by atoms with Gasteiger partial charge in [0.15, 0.2) is 0 Å². The van der Waals surface area contributed by atoms with Crippen LogP contribution < -0.4 is 0 Å². The van der Waals surface area contributed by atoms with Gasteiger partial charge in [0.05, 0.1) is 23.0 Å². The van der Waals surface area contributed by atoms with E-state index in [1.165, 1.54) is 17.3 Å². The first-order valence-corrected chi connectivity index (χ1v) is 6.52. The summed E-state index contributed by atoms with van der Waals surface area (Å²) in [4.78, 5) is 0. The molecule has 1 aliphatic carbocycles. The molecule has 1 aromatic rings. The van der Waals surface area contributed by atoms with E-state index in [-0.39, 0.29) is 5.92 Å². The molecule has 5 heteroatoms. The van der Waals surface area contributed by atoms with Crippen molar-refractivity contribution in [1.29, 1.82) is 0 Å². The lowest BCUT2D eigenvalue weighted by atomic mass is 9.83. The predicted molar refractivity (Wildman–Crippen MR) is 65.8 cm³/mol. The number of aliphatic hydroxyl groups excluding tert-OH is 2. The van der Waals surface area contributed by atoms with Crippen LogP contribution in [0.25, 0.3) is 0 Å². The molecule has 1 heterocycles. The highest BCUT2D eigenvalue weighted by atomic mass is 35.5. The van der Waals surface area contributed by atoms with Gasteiger partial charge in [-0.25, -0.2) is 0 Å². The highest BCUT2D eigenvalue weighted by molar-refractivity contribution is 6.31. The summed E-state index contributed by atoms with van der Waals surface area (Å²) in [6.07, 6.45) is 5.25. The van der Waals surface area contributed by atoms with Crippen molar-refractivity contribution >= 4 is 11.6 Å². The molecule has 1 saturated carbocycles. The Bertz CT molecular complexity index is 355. The first-order chi connectivity index (χ1) is 8.11. The molecule has 2 atom stereocenters. The molecule has 1 aromatic heterocycles. The Morgan fingerprint density at radius 3 is 2.53 bits per heavy atom. The molecule has 1 aliphatic rings. The van der Waals surface area contributed by atoms with Crippen LogP contribution in [-0.4, -0.2) is 26.1 Å². The molecule has 0 saturated heterocycles. The maximum Gasteiger partial charge on any atom is 0.123 e. The number of hydrogen-bond donors (Lipinski definition) is 2. The molecular formula is C12H19ClN2O2. The maximum absolute atomic E-state index is 10.2. The molecule has 0 aromatic carbocycles. The van der Waals surface area contributed by atoms with Gasteiger partial charge in [0.2, 0.25) is 0 Å². The number of nitrogens with zero attached hydrogens (tertiary/aromatic N) is 2. The molecule has 2 unspecified atom stereocenters. The van der Waals surface area contributed by atoms with Crippen molar-refractivity contribution in [2.24, 2.45) is 13.0 Å². The Kier molecular flexibility index (Phi) is 4.07. The molecule has 0 radical (unpaired) electrons. The average Bonchev–Trinajstić information content (AvgIpc) is 2.68. The van der Waals surface area contributed by atoms with E-state index < -0.39 is 12.2 Å². The van der Waals surface area contributed by atoms with E-state index in [4.69, 9.17) is 11.6 Å². The molecule has 0 bridgehead atoms. The summed E-state index contributed by atoms with van der Waals surface area (Å²) in [5.41, 5.74) is 0.504. The minimum Gasteiger partial charge on any atom is -0.390 e. The van der Waals surface area contributed by atoms with E-state index in [0.29, 0.717) is 10.7 Å². The minimum absolute atomic E-state index is 0.171. The molecular weight excluding hydrogens is 240 g/mol. The zero-order valence-corrected chi connectivity index (χ0v) is 10.8. The van der Waals surface area contributed by atoms with E-state index in [1.54, 1.807) is 7.05 Å². The average molecular weight is 259 g/mol. The third-order valence-corrected chi connectivity index (χ3v) is 3.97. The minimum atomic E-state index is -0.946. The van der Waals surface area contributed by atoms with Crippen LogP contribution in [0.1, 0.15) is 43.9 Å². The zero-order chi connectivity index (χ0) is 12.4. The van der Waals surface area contributed by atoms with Gasteiger partial charge in [0.25, 0.3) is 0 Å². The monoisotopic (exact) mass is 258 g/mol. The molecule has 96 valence electrons.